The molecule has 4 rings (SSSR count). The van der Waals surface area contributed by atoms with Crippen LogP contribution in [0, 0.1) is 11.3 Å². The van der Waals surface area contributed by atoms with Gasteiger partial charge in [-0.05, 0) is 50.0 Å². The van der Waals surface area contributed by atoms with E-state index in [1.54, 1.807) is 4.88 Å². The van der Waals surface area contributed by atoms with E-state index < -0.39 is 12.1 Å². The zero-order valence-electron chi connectivity index (χ0n) is 21.4. The standard InChI is InChI=1S/C23H35N3S2.C2HF3O2/c1-7-26(12-19-24-16-9-8-15(2)10-18(16)27-19)13-20-25-17-11-22(3,4)14-23(5,6)21(17)28-20;3-2(4,5)1(6)7/h15H,7-14H2,1-6H3;(H,6,7). The second-order valence-corrected chi connectivity index (χ2v) is 13.5. The van der Waals surface area contributed by atoms with E-state index >= 15 is 0 Å². The Hall–Kier alpha value is -1.52. The van der Waals surface area contributed by atoms with E-state index in [2.05, 4.69) is 46.4 Å². The molecular formula is C25H36F3N3O2S2. The predicted molar refractivity (Wildman–Crippen MR) is 134 cm³/mol. The van der Waals surface area contributed by atoms with Gasteiger partial charge in [-0.15, -0.1) is 22.7 Å². The summed E-state index contributed by atoms with van der Waals surface area (Å²) in [5.74, 6) is -1.94. The molecule has 10 heteroatoms. The number of alkyl halides is 3. The second kappa shape index (κ2) is 10.5. The van der Waals surface area contributed by atoms with E-state index in [-0.39, 0.29) is 5.41 Å². The predicted octanol–water partition coefficient (Wildman–Crippen LogP) is 6.63. The van der Waals surface area contributed by atoms with Gasteiger partial charge in [0, 0.05) is 15.2 Å². The first-order valence-electron chi connectivity index (χ1n) is 12.1. The molecule has 2 heterocycles. The molecule has 0 aromatic carbocycles. The van der Waals surface area contributed by atoms with Gasteiger partial charge >= 0.3 is 12.1 Å². The Bertz CT molecular complexity index is 1040. The fraction of sp³-hybridized carbons (Fsp3) is 0.720. The number of hydrogen-bond donors (Lipinski definition) is 1. The first kappa shape index (κ1) is 28.1. The van der Waals surface area contributed by atoms with Crippen LogP contribution in [0.3, 0.4) is 0 Å². The van der Waals surface area contributed by atoms with Crippen LogP contribution in [-0.4, -0.2) is 38.7 Å². The van der Waals surface area contributed by atoms with E-state index in [1.165, 1.54) is 52.0 Å². The molecule has 196 valence electrons. The Morgan fingerprint density at radius 2 is 1.69 bits per heavy atom. The fourth-order valence-electron chi connectivity index (χ4n) is 5.23. The summed E-state index contributed by atoms with van der Waals surface area (Å²) in [6.45, 7) is 17.2. The second-order valence-electron chi connectivity index (χ2n) is 11.2. The van der Waals surface area contributed by atoms with Crippen molar-refractivity contribution in [1.82, 2.24) is 14.9 Å². The monoisotopic (exact) mass is 531 g/mol. The van der Waals surface area contributed by atoms with Crippen molar-refractivity contribution in [2.45, 2.75) is 98.3 Å². The topological polar surface area (TPSA) is 66.3 Å². The highest BCUT2D eigenvalue weighted by Gasteiger charge is 2.40. The summed E-state index contributed by atoms with van der Waals surface area (Å²) in [5, 5.41) is 9.70. The molecule has 0 bridgehead atoms. The largest absolute Gasteiger partial charge is 0.490 e. The number of fused-ring (bicyclic) bond motifs is 2. The number of aryl methyl sites for hydroxylation is 1. The highest BCUT2D eigenvalue weighted by molar-refractivity contribution is 7.12. The molecule has 2 aliphatic rings. The summed E-state index contributed by atoms with van der Waals surface area (Å²) in [6.07, 6.45) is 0.970. The van der Waals surface area contributed by atoms with Crippen LogP contribution in [0.1, 0.15) is 85.5 Å². The number of thiazole rings is 2. The molecular weight excluding hydrogens is 495 g/mol. The number of halogens is 3. The molecule has 0 aliphatic heterocycles. The van der Waals surface area contributed by atoms with E-state index in [0.29, 0.717) is 5.41 Å². The van der Waals surface area contributed by atoms with Gasteiger partial charge in [0.1, 0.15) is 10.0 Å². The van der Waals surface area contributed by atoms with Crippen LogP contribution in [0.4, 0.5) is 13.2 Å². The molecule has 5 nitrogen and oxygen atoms in total. The number of carboxylic acids is 1. The molecule has 35 heavy (non-hydrogen) atoms. The SMILES string of the molecule is CCN(Cc1nc2c(s1)CC(C)CC2)Cc1nc2c(s1)C(C)(C)CC(C)(C)C2.O=C(O)C(F)(F)F. The minimum absolute atomic E-state index is 0.245. The smallest absolute Gasteiger partial charge is 0.475 e. The van der Waals surface area contributed by atoms with Gasteiger partial charge < -0.3 is 5.11 Å². The average Bonchev–Trinajstić information content (AvgIpc) is 3.28. The molecule has 2 aromatic rings. The van der Waals surface area contributed by atoms with Gasteiger partial charge in [0.2, 0.25) is 0 Å². The number of nitrogens with zero attached hydrogens (tertiary/aromatic N) is 3. The van der Waals surface area contributed by atoms with Crippen LogP contribution in [-0.2, 0) is 42.6 Å². The normalized spacial score (nSPS) is 20.6. The molecule has 0 radical (unpaired) electrons. The summed E-state index contributed by atoms with van der Waals surface area (Å²) in [6, 6.07) is 0. The number of hydrogen-bond acceptors (Lipinski definition) is 6. The van der Waals surface area contributed by atoms with Gasteiger partial charge in [-0.2, -0.15) is 13.2 Å². The Morgan fingerprint density at radius 3 is 2.26 bits per heavy atom. The zero-order valence-corrected chi connectivity index (χ0v) is 23.0. The molecule has 0 amide bonds. The molecule has 0 saturated heterocycles. The average molecular weight is 532 g/mol. The van der Waals surface area contributed by atoms with Crippen LogP contribution in [0.15, 0.2) is 0 Å². The van der Waals surface area contributed by atoms with Gasteiger partial charge in [0.05, 0.1) is 24.5 Å². The summed E-state index contributed by atoms with van der Waals surface area (Å²) in [7, 11) is 0. The third-order valence-corrected chi connectivity index (χ3v) is 9.11. The molecule has 1 N–H and O–H groups in total. The molecule has 0 fully saturated rings. The lowest BCUT2D eigenvalue weighted by Crippen LogP contribution is -2.33. The Morgan fingerprint density at radius 1 is 1.11 bits per heavy atom. The Labute approximate surface area is 213 Å². The lowest BCUT2D eigenvalue weighted by atomic mass is 9.67. The van der Waals surface area contributed by atoms with Crippen molar-refractivity contribution in [3.05, 3.63) is 31.2 Å². The Balaban J connectivity index is 0.000000429. The first-order valence-corrected chi connectivity index (χ1v) is 13.7. The van der Waals surface area contributed by atoms with Gasteiger partial charge in [0.15, 0.2) is 0 Å². The highest BCUT2D eigenvalue weighted by atomic mass is 32.1. The molecule has 1 atom stereocenters. The van der Waals surface area contributed by atoms with Crippen LogP contribution in [0.25, 0.3) is 0 Å². The lowest BCUT2D eigenvalue weighted by molar-refractivity contribution is -0.192. The maximum atomic E-state index is 10.6. The minimum atomic E-state index is -5.08. The third kappa shape index (κ3) is 7.26. The van der Waals surface area contributed by atoms with Gasteiger partial charge in [-0.25, -0.2) is 14.8 Å². The number of carbonyl (C=O) groups is 1. The minimum Gasteiger partial charge on any atom is -0.475 e. The summed E-state index contributed by atoms with van der Waals surface area (Å²) < 4.78 is 31.7. The first-order chi connectivity index (χ1) is 16.1. The molecule has 2 aliphatic carbocycles. The van der Waals surface area contributed by atoms with Crippen LogP contribution >= 0.6 is 22.7 Å². The third-order valence-electron chi connectivity index (χ3n) is 6.56. The number of carboxylic acid groups (broad SMARTS) is 1. The van der Waals surface area contributed by atoms with E-state index in [4.69, 9.17) is 19.9 Å². The van der Waals surface area contributed by atoms with Gasteiger partial charge in [0.25, 0.3) is 0 Å². The van der Waals surface area contributed by atoms with Crippen molar-refractivity contribution in [2.75, 3.05) is 6.54 Å². The Kier molecular flexibility index (Phi) is 8.38. The number of aromatic nitrogens is 2. The van der Waals surface area contributed by atoms with Crippen molar-refractivity contribution >= 4 is 28.6 Å². The zero-order chi connectivity index (χ0) is 26.2. The van der Waals surface area contributed by atoms with E-state index in [0.717, 1.165) is 32.0 Å². The molecule has 2 aromatic heterocycles. The summed E-state index contributed by atoms with van der Waals surface area (Å²) in [4.78, 5) is 24.6. The van der Waals surface area contributed by atoms with Crippen LogP contribution in [0.2, 0.25) is 0 Å². The number of rotatable bonds is 5. The molecule has 0 spiro atoms. The van der Waals surface area contributed by atoms with Gasteiger partial charge in [-0.1, -0.05) is 41.5 Å². The molecule has 1 unspecified atom stereocenters. The van der Waals surface area contributed by atoms with Crippen molar-refractivity contribution in [3.63, 3.8) is 0 Å². The highest BCUT2D eigenvalue weighted by Crippen LogP contribution is 2.47. The summed E-state index contributed by atoms with van der Waals surface area (Å²) in [5.41, 5.74) is 3.33. The number of aliphatic carboxylic acids is 1. The lowest BCUT2D eigenvalue weighted by Gasteiger charge is -2.39. The van der Waals surface area contributed by atoms with Crippen molar-refractivity contribution in [2.24, 2.45) is 11.3 Å². The molecule has 0 saturated carbocycles. The van der Waals surface area contributed by atoms with E-state index in [9.17, 15) is 13.2 Å². The van der Waals surface area contributed by atoms with Crippen LogP contribution in [0.5, 0.6) is 0 Å². The maximum absolute atomic E-state index is 10.6. The van der Waals surface area contributed by atoms with Gasteiger partial charge in [-0.3, -0.25) is 4.90 Å². The maximum Gasteiger partial charge on any atom is 0.490 e. The van der Waals surface area contributed by atoms with Crippen molar-refractivity contribution in [1.29, 1.82) is 0 Å². The quantitative estimate of drug-likeness (QED) is 0.469. The summed E-state index contributed by atoms with van der Waals surface area (Å²) >= 11 is 3.91. The van der Waals surface area contributed by atoms with Crippen LogP contribution < -0.4 is 0 Å². The van der Waals surface area contributed by atoms with E-state index in [1.807, 2.05) is 22.7 Å². The fourth-order valence-corrected chi connectivity index (χ4v) is 7.78. The van der Waals surface area contributed by atoms with Crippen molar-refractivity contribution in [3.8, 4) is 0 Å². The van der Waals surface area contributed by atoms with Crippen molar-refractivity contribution < 1.29 is 23.1 Å².